The summed E-state index contributed by atoms with van der Waals surface area (Å²) in [6.07, 6.45) is 3.15. The summed E-state index contributed by atoms with van der Waals surface area (Å²) < 4.78 is 10.6. The van der Waals surface area contributed by atoms with Crippen LogP contribution in [0.25, 0.3) is 0 Å². The lowest BCUT2D eigenvalue weighted by atomic mass is 10.2. The minimum atomic E-state index is -0.428. The van der Waals surface area contributed by atoms with Gasteiger partial charge in [0.05, 0.1) is 13.2 Å². The molecule has 4 N–H and O–H groups in total. The molecule has 0 bridgehead atoms. The number of hydrogen-bond acceptors (Lipinski definition) is 8. The zero-order valence-corrected chi connectivity index (χ0v) is 20.3. The number of nitrogens with zero attached hydrogens (tertiary/aromatic N) is 2. The van der Waals surface area contributed by atoms with Gasteiger partial charge in [-0.25, -0.2) is 9.78 Å². The summed E-state index contributed by atoms with van der Waals surface area (Å²) in [5.74, 6) is 1.44. The molecule has 10 nitrogen and oxygen atoms in total. The summed E-state index contributed by atoms with van der Waals surface area (Å²) >= 11 is 0. The summed E-state index contributed by atoms with van der Waals surface area (Å²) in [6, 6.07) is 14.8. The van der Waals surface area contributed by atoms with Crippen molar-refractivity contribution in [3.05, 3.63) is 72.9 Å². The van der Waals surface area contributed by atoms with E-state index < -0.39 is 6.09 Å². The van der Waals surface area contributed by atoms with Crippen LogP contribution in [-0.2, 0) is 9.53 Å². The van der Waals surface area contributed by atoms with E-state index in [0.29, 0.717) is 49.4 Å². The van der Waals surface area contributed by atoms with Gasteiger partial charge >= 0.3 is 6.09 Å². The Balaban J connectivity index is 1.59. The van der Waals surface area contributed by atoms with E-state index in [-0.39, 0.29) is 5.91 Å². The molecular formula is C26H30N6O4. The number of amides is 2. The van der Waals surface area contributed by atoms with Crippen molar-refractivity contribution >= 4 is 40.8 Å². The third kappa shape index (κ3) is 8.32. The van der Waals surface area contributed by atoms with Gasteiger partial charge in [0, 0.05) is 41.4 Å². The van der Waals surface area contributed by atoms with E-state index in [2.05, 4.69) is 37.8 Å². The number of aromatic nitrogens is 2. The maximum Gasteiger partial charge on any atom is 0.407 e. The molecule has 0 aliphatic heterocycles. The van der Waals surface area contributed by atoms with Crippen LogP contribution in [0, 0.1) is 6.92 Å². The number of nitrogens with one attached hydrogen (secondary N) is 4. The van der Waals surface area contributed by atoms with Gasteiger partial charge < -0.3 is 30.7 Å². The van der Waals surface area contributed by atoms with Crippen LogP contribution in [0.2, 0.25) is 0 Å². The highest BCUT2D eigenvalue weighted by atomic mass is 16.5. The van der Waals surface area contributed by atoms with Gasteiger partial charge in [-0.2, -0.15) is 4.98 Å². The Hall–Kier alpha value is -4.60. The molecule has 0 radical (unpaired) electrons. The van der Waals surface area contributed by atoms with Crippen LogP contribution in [-0.4, -0.2) is 41.7 Å². The highest BCUT2D eigenvalue weighted by Gasteiger charge is 2.07. The second-order valence-corrected chi connectivity index (χ2v) is 7.63. The van der Waals surface area contributed by atoms with E-state index >= 15 is 0 Å². The minimum absolute atomic E-state index is 0.281. The van der Waals surface area contributed by atoms with Crippen LogP contribution < -0.4 is 26.0 Å². The van der Waals surface area contributed by atoms with Crippen molar-refractivity contribution in [1.82, 2.24) is 15.3 Å². The van der Waals surface area contributed by atoms with E-state index in [9.17, 15) is 9.59 Å². The van der Waals surface area contributed by atoms with Crippen molar-refractivity contribution in [1.29, 1.82) is 0 Å². The second kappa shape index (κ2) is 13.3. The van der Waals surface area contributed by atoms with Gasteiger partial charge in [0.1, 0.15) is 11.6 Å². The first-order chi connectivity index (χ1) is 17.5. The molecule has 2 amide bonds. The number of hydrogen-bond donors (Lipinski definition) is 4. The molecule has 0 aliphatic carbocycles. The summed E-state index contributed by atoms with van der Waals surface area (Å²) in [5.41, 5.74) is 3.02. The molecular weight excluding hydrogens is 460 g/mol. The minimum Gasteiger partial charge on any atom is -0.493 e. The van der Waals surface area contributed by atoms with Gasteiger partial charge in [-0.3, -0.25) is 4.79 Å². The van der Waals surface area contributed by atoms with Crippen molar-refractivity contribution < 1.29 is 19.1 Å². The molecule has 1 aromatic heterocycles. The highest BCUT2D eigenvalue weighted by Crippen LogP contribution is 2.24. The van der Waals surface area contributed by atoms with Crippen LogP contribution in [0.4, 0.5) is 33.6 Å². The molecule has 0 saturated carbocycles. The van der Waals surface area contributed by atoms with E-state index in [4.69, 9.17) is 9.47 Å². The lowest BCUT2D eigenvalue weighted by Crippen LogP contribution is -2.26. The topological polar surface area (TPSA) is 126 Å². The summed E-state index contributed by atoms with van der Waals surface area (Å²) in [4.78, 5) is 31.8. The van der Waals surface area contributed by atoms with Crippen LogP contribution in [0.5, 0.6) is 5.75 Å². The maximum atomic E-state index is 11.6. The number of carbonyl (C=O) groups excluding carboxylic acids is 2. The first kappa shape index (κ1) is 26.0. The van der Waals surface area contributed by atoms with Crippen molar-refractivity contribution in [3.8, 4) is 5.75 Å². The SMILES string of the molecule is C=CC(=O)Nc1cccc(Nc2nc(Nc3cccc(OCCCNC(=O)OCC)c3)ncc2C)c1. The van der Waals surface area contributed by atoms with Gasteiger partial charge in [0.15, 0.2) is 0 Å². The van der Waals surface area contributed by atoms with E-state index in [1.165, 1.54) is 6.08 Å². The Morgan fingerprint density at radius 1 is 1.06 bits per heavy atom. The number of alkyl carbamates (subject to hydrolysis) is 1. The number of carbonyl (C=O) groups is 2. The number of ether oxygens (including phenoxy) is 2. The first-order valence-corrected chi connectivity index (χ1v) is 11.5. The number of rotatable bonds is 12. The molecule has 2 aromatic carbocycles. The fourth-order valence-corrected chi connectivity index (χ4v) is 3.06. The fraction of sp³-hybridized carbons (Fsp3) is 0.231. The predicted octanol–water partition coefficient (Wildman–Crippen LogP) is 4.91. The molecule has 10 heteroatoms. The Kier molecular flexibility index (Phi) is 9.63. The molecule has 3 aromatic rings. The zero-order valence-electron chi connectivity index (χ0n) is 20.3. The van der Waals surface area contributed by atoms with Crippen LogP contribution in [0.3, 0.4) is 0 Å². The molecule has 188 valence electrons. The largest absolute Gasteiger partial charge is 0.493 e. The van der Waals surface area contributed by atoms with Crippen molar-refractivity contribution in [2.24, 2.45) is 0 Å². The summed E-state index contributed by atoms with van der Waals surface area (Å²) in [7, 11) is 0. The summed E-state index contributed by atoms with van der Waals surface area (Å²) in [6.45, 7) is 8.37. The normalized spacial score (nSPS) is 10.2. The average molecular weight is 491 g/mol. The highest BCUT2D eigenvalue weighted by molar-refractivity contribution is 5.99. The Morgan fingerprint density at radius 2 is 1.81 bits per heavy atom. The quantitative estimate of drug-likeness (QED) is 0.208. The summed E-state index contributed by atoms with van der Waals surface area (Å²) in [5, 5.41) is 11.8. The fourth-order valence-electron chi connectivity index (χ4n) is 3.06. The van der Waals surface area contributed by atoms with Crippen molar-refractivity contribution in [2.45, 2.75) is 20.3 Å². The average Bonchev–Trinajstić information content (AvgIpc) is 2.86. The van der Waals surface area contributed by atoms with Crippen LogP contribution in [0.15, 0.2) is 67.4 Å². The molecule has 3 rings (SSSR count). The number of anilines is 5. The maximum absolute atomic E-state index is 11.6. The molecule has 1 heterocycles. The van der Waals surface area contributed by atoms with E-state index in [1.54, 1.807) is 25.3 Å². The smallest absolute Gasteiger partial charge is 0.407 e. The van der Waals surface area contributed by atoms with Crippen molar-refractivity contribution in [2.75, 3.05) is 35.7 Å². The van der Waals surface area contributed by atoms with Gasteiger partial charge in [-0.15, -0.1) is 0 Å². The molecule has 0 spiro atoms. The lowest BCUT2D eigenvalue weighted by Gasteiger charge is -2.13. The Morgan fingerprint density at radius 3 is 2.58 bits per heavy atom. The Labute approximate surface area is 210 Å². The van der Waals surface area contributed by atoms with Crippen molar-refractivity contribution in [3.63, 3.8) is 0 Å². The standard InChI is InChI=1S/C26H30N6O4/c1-4-23(33)29-19-9-6-10-20(15-19)30-24-18(3)17-28-25(32-24)31-21-11-7-12-22(16-21)36-14-8-13-27-26(34)35-5-2/h4,6-7,9-12,15-17H,1,5,8,13-14H2,2-3H3,(H,27,34)(H,29,33)(H2,28,30,31,32). The molecule has 0 fully saturated rings. The van der Waals surface area contributed by atoms with Crippen LogP contribution in [0.1, 0.15) is 18.9 Å². The van der Waals surface area contributed by atoms with Gasteiger partial charge in [0.25, 0.3) is 0 Å². The molecule has 0 saturated heterocycles. The molecule has 0 atom stereocenters. The monoisotopic (exact) mass is 490 g/mol. The predicted molar refractivity (Wildman–Crippen MR) is 140 cm³/mol. The van der Waals surface area contributed by atoms with Crippen LogP contribution >= 0.6 is 0 Å². The molecule has 0 aliphatic rings. The van der Waals surface area contributed by atoms with Gasteiger partial charge in [0.2, 0.25) is 11.9 Å². The molecule has 0 unspecified atom stereocenters. The van der Waals surface area contributed by atoms with E-state index in [0.717, 1.165) is 16.9 Å². The molecule has 36 heavy (non-hydrogen) atoms. The van der Waals surface area contributed by atoms with E-state index in [1.807, 2.05) is 43.3 Å². The lowest BCUT2D eigenvalue weighted by molar-refractivity contribution is -0.111. The van der Waals surface area contributed by atoms with Gasteiger partial charge in [-0.05, 0) is 56.7 Å². The third-order valence-corrected chi connectivity index (χ3v) is 4.77. The zero-order chi connectivity index (χ0) is 25.8. The van der Waals surface area contributed by atoms with Gasteiger partial charge in [-0.1, -0.05) is 18.7 Å². The number of aryl methyl sites for hydroxylation is 1. The number of benzene rings is 2. The third-order valence-electron chi connectivity index (χ3n) is 4.77. The Bertz CT molecular complexity index is 1200. The first-order valence-electron chi connectivity index (χ1n) is 11.5. The second-order valence-electron chi connectivity index (χ2n) is 7.63.